The molecule has 154 valence electrons. The number of ether oxygens (including phenoxy) is 1. The number of nitrogens with one attached hydrogen (secondary N) is 1. The lowest BCUT2D eigenvalue weighted by atomic mass is 9.79. The third-order valence-electron chi connectivity index (χ3n) is 5.43. The molecule has 1 heterocycles. The molecular weight excluding hydrogens is 359 g/mol. The van der Waals surface area contributed by atoms with Gasteiger partial charge in [0.05, 0.1) is 18.3 Å². The zero-order valence-corrected chi connectivity index (χ0v) is 17.4. The van der Waals surface area contributed by atoms with Gasteiger partial charge in [0, 0.05) is 12.1 Å². The maximum absolute atomic E-state index is 12.3. The topological polar surface area (TPSA) is 99.9 Å². The van der Waals surface area contributed by atoms with Crippen LogP contribution in [0.4, 0.5) is 0 Å². The minimum atomic E-state index is -0.608. The van der Waals surface area contributed by atoms with Gasteiger partial charge in [-0.15, -0.1) is 0 Å². The number of carbonyl (C=O) groups is 2. The lowest BCUT2D eigenvalue weighted by Gasteiger charge is -2.32. The Hall–Kier alpha value is -1.90. The molecular formula is C20H31BN2O5. The number of hydrogen-bond acceptors (Lipinski definition) is 6. The normalized spacial score (nSPS) is 18.6. The molecule has 2 rings (SSSR count). The van der Waals surface area contributed by atoms with Crippen molar-refractivity contribution in [3.63, 3.8) is 0 Å². The van der Waals surface area contributed by atoms with Crippen molar-refractivity contribution in [2.24, 2.45) is 5.73 Å². The number of rotatable bonds is 8. The maximum Gasteiger partial charge on any atom is 0.494 e. The number of unbranched alkanes of at least 4 members (excludes halogenated alkanes) is 1. The fourth-order valence-corrected chi connectivity index (χ4v) is 2.83. The third kappa shape index (κ3) is 5.34. The van der Waals surface area contributed by atoms with E-state index in [1.54, 1.807) is 12.1 Å². The predicted octanol–water partition coefficient (Wildman–Crippen LogP) is 1.39. The molecule has 0 aromatic heterocycles. The summed E-state index contributed by atoms with van der Waals surface area (Å²) in [5, 5.41) is 2.87. The summed E-state index contributed by atoms with van der Waals surface area (Å²) in [6, 6.07) is 6.63. The molecule has 1 aliphatic rings. The Balaban J connectivity index is 1.79. The number of hydrogen-bond donors (Lipinski definition) is 2. The summed E-state index contributed by atoms with van der Waals surface area (Å²) >= 11 is 0. The first-order chi connectivity index (χ1) is 13.1. The summed E-state index contributed by atoms with van der Waals surface area (Å²) in [5.74, 6) is -0.552. The molecule has 1 atom stereocenters. The Morgan fingerprint density at radius 3 is 2.21 bits per heavy atom. The van der Waals surface area contributed by atoms with Crippen LogP contribution in [-0.2, 0) is 18.8 Å². The van der Waals surface area contributed by atoms with Crippen LogP contribution in [0.1, 0.15) is 57.3 Å². The first-order valence-electron chi connectivity index (χ1n) is 9.64. The summed E-state index contributed by atoms with van der Waals surface area (Å²) in [7, 11) is 0.876. The Labute approximate surface area is 167 Å². The summed E-state index contributed by atoms with van der Waals surface area (Å²) < 4.78 is 16.6. The van der Waals surface area contributed by atoms with Crippen molar-refractivity contribution in [2.45, 2.75) is 64.2 Å². The Morgan fingerprint density at radius 1 is 1.11 bits per heavy atom. The van der Waals surface area contributed by atoms with Gasteiger partial charge in [0.25, 0.3) is 5.91 Å². The van der Waals surface area contributed by atoms with Gasteiger partial charge in [0.1, 0.15) is 6.04 Å². The van der Waals surface area contributed by atoms with Crippen LogP contribution in [0.2, 0.25) is 0 Å². The molecule has 1 aromatic carbocycles. The number of benzene rings is 1. The van der Waals surface area contributed by atoms with Crippen molar-refractivity contribution in [2.75, 3.05) is 13.7 Å². The molecule has 0 bridgehead atoms. The molecule has 0 spiro atoms. The standard InChI is InChI=1S/C20H31BN2O5/c1-19(2)20(3,4)28-21(27-19)15-11-9-14(10-12-15)17(24)23-13-7-6-8-16(22)18(25)26-5/h9-12,16H,6-8,13,22H2,1-5H3,(H,23,24). The van der Waals surface area contributed by atoms with Crippen molar-refractivity contribution < 1.29 is 23.6 Å². The van der Waals surface area contributed by atoms with Gasteiger partial charge in [0.2, 0.25) is 0 Å². The smallest absolute Gasteiger partial charge is 0.468 e. The second-order valence-electron chi connectivity index (χ2n) is 8.09. The molecule has 3 N–H and O–H groups in total. The molecule has 0 saturated carbocycles. The summed E-state index contributed by atoms with van der Waals surface area (Å²) in [6.07, 6.45) is 2.01. The van der Waals surface area contributed by atoms with Crippen LogP contribution >= 0.6 is 0 Å². The van der Waals surface area contributed by atoms with Crippen LogP contribution < -0.4 is 16.5 Å². The van der Waals surface area contributed by atoms with Crippen molar-refractivity contribution in [1.82, 2.24) is 5.32 Å². The highest BCUT2D eigenvalue weighted by atomic mass is 16.7. The number of carbonyl (C=O) groups excluding carboxylic acids is 2. The fraction of sp³-hybridized carbons (Fsp3) is 0.600. The van der Waals surface area contributed by atoms with E-state index in [1.165, 1.54) is 7.11 Å². The number of nitrogens with two attached hydrogens (primary N) is 1. The van der Waals surface area contributed by atoms with E-state index in [9.17, 15) is 9.59 Å². The number of amides is 1. The van der Waals surface area contributed by atoms with Crippen LogP contribution in [0, 0.1) is 0 Å². The highest BCUT2D eigenvalue weighted by Crippen LogP contribution is 2.36. The Kier molecular flexibility index (Phi) is 7.25. The molecule has 1 unspecified atom stereocenters. The van der Waals surface area contributed by atoms with E-state index in [0.717, 1.165) is 18.3 Å². The largest absolute Gasteiger partial charge is 0.494 e. The lowest BCUT2D eigenvalue weighted by Crippen LogP contribution is -2.41. The Morgan fingerprint density at radius 2 is 1.68 bits per heavy atom. The molecule has 28 heavy (non-hydrogen) atoms. The average Bonchev–Trinajstić information content (AvgIpc) is 2.87. The van der Waals surface area contributed by atoms with Gasteiger partial charge >= 0.3 is 13.1 Å². The highest BCUT2D eigenvalue weighted by molar-refractivity contribution is 6.62. The molecule has 1 saturated heterocycles. The molecule has 1 aliphatic heterocycles. The molecule has 1 aromatic rings. The summed E-state index contributed by atoms with van der Waals surface area (Å²) in [4.78, 5) is 23.5. The molecule has 0 radical (unpaired) electrons. The van der Waals surface area contributed by atoms with Gasteiger partial charge < -0.3 is 25.1 Å². The predicted molar refractivity (Wildman–Crippen MR) is 108 cm³/mol. The highest BCUT2D eigenvalue weighted by Gasteiger charge is 2.51. The number of esters is 1. The average molecular weight is 390 g/mol. The van der Waals surface area contributed by atoms with Crippen LogP contribution in [0.25, 0.3) is 0 Å². The van der Waals surface area contributed by atoms with Gasteiger partial charge in [0.15, 0.2) is 0 Å². The van der Waals surface area contributed by atoms with Crippen LogP contribution in [-0.4, -0.2) is 49.9 Å². The van der Waals surface area contributed by atoms with Crippen molar-refractivity contribution >= 4 is 24.5 Å². The van der Waals surface area contributed by atoms with E-state index in [4.69, 9.17) is 15.0 Å². The van der Waals surface area contributed by atoms with E-state index in [2.05, 4.69) is 10.1 Å². The van der Waals surface area contributed by atoms with Gasteiger partial charge in [-0.3, -0.25) is 9.59 Å². The molecule has 1 fully saturated rings. The minimum absolute atomic E-state index is 0.141. The molecule has 1 amide bonds. The quantitative estimate of drug-likeness (QED) is 0.395. The molecule has 0 aliphatic carbocycles. The second-order valence-corrected chi connectivity index (χ2v) is 8.09. The first-order valence-corrected chi connectivity index (χ1v) is 9.64. The van der Waals surface area contributed by atoms with Gasteiger partial charge in [-0.25, -0.2) is 0 Å². The second kappa shape index (κ2) is 9.07. The third-order valence-corrected chi connectivity index (χ3v) is 5.43. The first kappa shape index (κ1) is 22.4. The van der Waals surface area contributed by atoms with E-state index in [0.29, 0.717) is 18.5 Å². The van der Waals surface area contributed by atoms with Crippen LogP contribution in [0.5, 0.6) is 0 Å². The van der Waals surface area contributed by atoms with Crippen molar-refractivity contribution in [3.05, 3.63) is 29.8 Å². The zero-order valence-electron chi connectivity index (χ0n) is 17.4. The SMILES string of the molecule is COC(=O)C(N)CCCCNC(=O)c1ccc(B2OC(C)(C)C(C)(C)O2)cc1. The maximum atomic E-state index is 12.3. The zero-order chi connectivity index (χ0) is 20.9. The molecule has 8 heteroatoms. The van der Waals surface area contributed by atoms with E-state index in [-0.39, 0.29) is 5.91 Å². The van der Waals surface area contributed by atoms with Gasteiger partial charge in [-0.2, -0.15) is 0 Å². The van der Waals surface area contributed by atoms with Crippen LogP contribution in [0.15, 0.2) is 24.3 Å². The lowest BCUT2D eigenvalue weighted by molar-refractivity contribution is -0.142. The number of methoxy groups -OCH3 is 1. The Bertz CT molecular complexity index is 674. The minimum Gasteiger partial charge on any atom is -0.468 e. The van der Waals surface area contributed by atoms with E-state index < -0.39 is 30.3 Å². The van der Waals surface area contributed by atoms with E-state index in [1.807, 2.05) is 39.8 Å². The van der Waals surface area contributed by atoms with Crippen molar-refractivity contribution in [3.8, 4) is 0 Å². The van der Waals surface area contributed by atoms with Crippen molar-refractivity contribution in [1.29, 1.82) is 0 Å². The fourth-order valence-electron chi connectivity index (χ4n) is 2.83. The van der Waals surface area contributed by atoms with Gasteiger partial charge in [-0.05, 0) is 64.6 Å². The van der Waals surface area contributed by atoms with Crippen LogP contribution in [0.3, 0.4) is 0 Å². The monoisotopic (exact) mass is 390 g/mol. The van der Waals surface area contributed by atoms with E-state index >= 15 is 0 Å². The summed E-state index contributed by atoms with van der Waals surface area (Å²) in [6.45, 7) is 8.55. The summed E-state index contributed by atoms with van der Waals surface area (Å²) in [5.41, 5.74) is 6.34. The van der Waals surface area contributed by atoms with Gasteiger partial charge in [-0.1, -0.05) is 12.1 Å². The molecule has 7 nitrogen and oxygen atoms in total.